The Labute approximate surface area is 181 Å². The van der Waals surface area contributed by atoms with Gasteiger partial charge in [-0.05, 0) is 44.2 Å². The summed E-state index contributed by atoms with van der Waals surface area (Å²) in [5.74, 6) is -1.28. The maximum atomic E-state index is 13.3. The van der Waals surface area contributed by atoms with E-state index in [1.807, 2.05) is 12.1 Å². The van der Waals surface area contributed by atoms with E-state index >= 15 is 0 Å². The number of hydrogen-bond donors (Lipinski definition) is 0. The average Bonchev–Trinajstić information content (AvgIpc) is 2.78. The lowest BCUT2D eigenvalue weighted by atomic mass is 9.96. The van der Waals surface area contributed by atoms with Crippen molar-refractivity contribution < 1.29 is 19.1 Å². The summed E-state index contributed by atoms with van der Waals surface area (Å²) in [6.45, 7) is 3.65. The van der Waals surface area contributed by atoms with Crippen LogP contribution in [0, 0.1) is 0 Å². The molecule has 1 fully saturated rings. The molecule has 1 saturated carbocycles. The van der Waals surface area contributed by atoms with Crippen LogP contribution >= 0.6 is 0 Å². The largest absolute Gasteiger partial charge is 0.463 e. The highest BCUT2D eigenvalue weighted by atomic mass is 16.5. The topological polar surface area (TPSA) is 87.0 Å². The number of aromatic nitrogens is 1. The van der Waals surface area contributed by atoms with Gasteiger partial charge in [-0.2, -0.15) is 0 Å². The number of nitrogens with zero attached hydrogens (tertiary/aromatic N) is 2. The Balaban J connectivity index is 2.20. The molecule has 0 amide bonds. The molecule has 2 aromatic rings. The van der Waals surface area contributed by atoms with Gasteiger partial charge >= 0.3 is 11.9 Å². The second kappa shape index (κ2) is 10.7. The fraction of sp³-hybridized carbons (Fsp3) is 0.417. The van der Waals surface area contributed by atoms with Crippen molar-refractivity contribution in [2.75, 3.05) is 13.2 Å². The Hall–Kier alpha value is -3.22. The molecule has 0 N–H and O–H groups in total. The smallest absolute Gasteiger partial charge is 0.342 e. The summed E-state index contributed by atoms with van der Waals surface area (Å²) >= 11 is 0. The van der Waals surface area contributed by atoms with Crippen molar-refractivity contribution in [1.29, 1.82) is 0 Å². The third-order valence-electron chi connectivity index (χ3n) is 5.21. The van der Waals surface area contributed by atoms with E-state index in [1.54, 1.807) is 38.2 Å². The van der Waals surface area contributed by atoms with Gasteiger partial charge in [0.25, 0.3) is 5.56 Å². The van der Waals surface area contributed by atoms with Gasteiger partial charge in [-0.25, -0.2) is 9.59 Å². The van der Waals surface area contributed by atoms with Crippen LogP contribution in [-0.4, -0.2) is 41.6 Å². The molecule has 164 valence electrons. The molecule has 1 heterocycles. The van der Waals surface area contributed by atoms with Crippen LogP contribution in [0.5, 0.6) is 0 Å². The quantitative estimate of drug-likeness (QED) is 0.306. The normalized spacial score (nSPS) is 15.7. The molecule has 7 nitrogen and oxygen atoms in total. The molecule has 1 aliphatic carbocycles. The highest BCUT2D eigenvalue weighted by molar-refractivity contribution is 6.22. The monoisotopic (exact) mass is 424 g/mol. The lowest BCUT2D eigenvalue weighted by Gasteiger charge is -2.21. The zero-order chi connectivity index (χ0) is 22.2. The molecule has 31 heavy (non-hydrogen) atoms. The lowest BCUT2D eigenvalue weighted by molar-refractivity contribution is -0.140. The molecule has 0 aliphatic heterocycles. The van der Waals surface area contributed by atoms with Crippen LogP contribution in [0.3, 0.4) is 0 Å². The van der Waals surface area contributed by atoms with Crippen molar-refractivity contribution in [2.45, 2.75) is 52.0 Å². The second-order valence-electron chi connectivity index (χ2n) is 7.35. The predicted octanol–water partition coefficient (Wildman–Crippen LogP) is 3.63. The van der Waals surface area contributed by atoms with E-state index in [4.69, 9.17) is 14.5 Å². The van der Waals surface area contributed by atoms with Crippen LogP contribution in [0.1, 0.15) is 46.0 Å². The maximum absolute atomic E-state index is 13.3. The Morgan fingerprint density at radius 1 is 1.06 bits per heavy atom. The molecule has 0 radical (unpaired) electrons. The number of carbonyl (C=O) groups excluding carboxylic acids is 2. The number of ether oxygens (including phenoxy) is 2. The molecular weight excluding hydrogens is 396 g/mol. The number of esters is 2. The van der Waals surface area contributed by atoms with Crippen molar-refractivity contribution >= 4 is 28.5 Å². The molecule has 3 rings (SSSR count). The van der Waals surface area contributed by atoms with Crippen molar-refractivity contribution in [1.82, 2.24) is 4.57 Å². The third-order valence-corrected chi connectivity index (χ3v) is 5.21. The molecule has 0 bridgehead atoms. The van der Waals surface area contributed by atoms with Crippen molar-refractivity contribution in [3.63, 3.8) is 0 Å². The Kier molecular flexibility index (Phi) is 7.76. The SMILES string of the molecule is CCOC(=O)/C=C(/C(=O)OCC)C(=NC1CCCCC1)n1ccc2ccccc2c1=O. The van der Waals surface area contributed by atoms with Crippen LogP contribution in [0.4, 0.5) is 0 Å². The first-order valence-corrected chi connectivity index (χ1v) is 10.8. The average molecular weight is 424 g/mol. The molecule has 1 aromatic carbocycles. The van der Waals surface area contributed by atoms with Crippen molar-refractivity contribution in [2.24, 2.45) is 4.99 Å². The van der Waals surface area contributed by atoms with Crippen LogP contribution in [-0.2, 0) is 19.1 Å². The first-order valence-electron chi connectivity index (χ1n) is 10.8. The number of carbonyl (C=O) groups is 2. The fourth-order valence-electron chi connectivity index (χ4n) is 3.73. The zero-order valence-electron chi connectivity index (χ0n) is 18.0. The predicted molar refractivity (Wildman–Crippen MR) is 119 cm³/mol. The molecule has 0 unspecified atom stereocenters. The van der Waals surface area contributed by atoms with Crippen LogP contribution in [0.25, 0.3) is 10.8 Å². The Morgan fingerprint density at radius 2 is 1.77 bits per heavy atom. The Bertz CT molecular complexity index is 1060. The first kappa shape index (κ1) is 22.5. The zero-order valence-corrected chi connectivity index (χ0v) is 18.0. The van der Waals surface area contributed by atoms with Crippen LogP contribution in [0.15, 0.2) is 58.0 Å². The summed E-state index contributed by atoms with van der Waals surface area (Å²) in [7, 11) is 0. The molecule has 1 aliphatic rings. The summed E-state index contributed by atoms with van der Waals surface area (Å²) in [5.41, 5.74) is -0.394. The van der Waals surface area contributed by atoms with Gasteiger partial charge in [0.15, 0.2) is 0 Å². The van der Waals surface area contributed by atoms with Gasteiger partial charge in [0, 0.05) is 17.7 Å². The van der Waals surface area contributed by atoms with E-state index < -0.39 is 11.9 Å². The first-order chi connectivity index (χ1) is 15.0. The summed E-state index contributed by atoms with van der Waals surface area (Å²) in [4.78, 5) is 43.1. The third kappa shape index (κ3) is 5.48. The van der Waals surface area contributed by atoms with E-state index in [-0.39, 0.29) is 36.2 Å². The highest BCUT2D eigenvalue weighted by Crippen LogP contribution is 2.22. The number of fused-ring (bicyclic) bond motifs is 1. The summed E-state index contributed by atoms with van der Waals surface area (Å²) < 4.78 is 11.5. The number of rotatable bonds is 6. The van der Waals surface area contributed by atoms with E-state index in [0.717, 1.165) is 43.6 Å². The van der Waals surface area contributed by atoms with Crippen molar-refractivity contribution in [3.05, 3.63) is 58.5 Å². The van der Waals surface area contributed by atoms with Gasteiger partial charge < -0.3 is 9.47 Å². The molecule has 0 saturated heterocycles. The lowest BCUT2D eigenvalue weighted by Crippen LogP contribution is -2.33. The van der Waals surface area contributed by atoms with E-state index in [9.17, 15) is 14.4 Å². The summed E-state index contributed by atoms with van der Waals surface area (Å²) in [6, 6.07) is 8.97. The second-order valence-corrected chi connectivity index (χ2v) is 7.35. The molecule has 0 spiro atoms. The van der Waals surface area contributed by atoms with Crippen LogP contribution < -0.4 is 5.56 Å². The maximum Gasteiger partial charge on any atom is 0.342 e. The molecule has 7 heteroatoms. The number of hydrogen-bond acceptors (Lipinski definition) is 6. The minimum Gasteiger partial charge on any atom is -0.463 e. The number of pyridine rings is 1. The number of aliphatic imine (C=N–C) groups is 1. The van der Waals surface area contributed by atoms with Crippen LogP contribution in [0.2, 0.25) is 0 Å². The van der Waals surface area contributed by atoms with Crippen molar-refractivity contribution in [3.8, 4) is 0 Å². The summed E-state index contributed by atoms with van der Waals surface area (Å²) in [5, 5.41) is 1.29. The highest BCUT2D eigenvalue weighted by Gasteiger charge is 2.25. The van der Waals surface area contributed by atoms with E-state index in [2.05, 4.69) is 0 Å². The fourth-order valence-corrected chi connectivity index (χ4v) is 3.73. The Morgan fingerprint density at radius 3 is 2.48 bits per heavy atom. The molecule has 0 atom stereocenters. The standard InChI is InChI=1S/C24H28N2O5/c1-3-30-21(27)16-20(24(29)31-4-2)22(25-18-11-6-5-7-12-18)26-15-14-17-10-8-9-13-19(17)23(26)28/h8-10,13-16,18H,3-7,11-12H2,1-2H3/b20-16+,25-22?. The van der Waals surface area contributed by atoms with Gasteiger partial charge in [-0.3, -0.25) is 14.4 Å². The van der Waals surface area contributed by atoms with Gasteiger partial charge in [0.05, 0.1) is 19.3 Å². The summed E-state index contributed by atoms with van der Waals surface area (Å²) in [6.07, 6.45) is 7.59. The minimum absolute atomic E-state index is 0.0397. The van der Waals surface area contributed by atoms with Gasteiger partial charge in [-0.1, -0.05) is 37.5 Å². The minimum atomic E-state index is -0.717. The van der Waals surface area contributed by atoms with Gasteiger partial charge in [-0.15, -0.1) is 0 Å². The number of benzene rings is 1. The molecule has 1 aromatic heterocycles. The van der Waals surface area contributed by atoms with E-state index in [0.29, 0.717) is 5.39 Å². The molecular formula is C24H28N2O5. The van der Waals surface area contributed by atoms with Gasteiger partial charge in [0.1, 0.15) is 11.4 Å². The van der Waals surface area contributed by atoms with Gasteiger partial charge in [0.2, 0.25) is 0 Å². The van der Waals surface area contributed by atoms with E-state index in [1.165, 1.54) is 4.57 Å².